The summed E-state index contributed by atoms with van der Waals surface area (Å²) in [7, 11) is -2.76. The lowest BCUT2D eigenvalue weighted by Gasteiger charge is -2.19. The quantitative estimate of drug-likeness (QED) is 0.177. The van der Waals surface area contributed by atoms with Gasteiger partial charge in [0, 0.05) is 18.8 Å². The highest BCUT2D eigenvalue weighted by Crippen LogP contribution is 2.49. The first-order valence-corrected chi connectivity index (χ1v) is 13.3. The molecule has 5 rings (SSSR count). The van der Waals surface area contributed by atoms with Crippen molar-refractivity contribution < 1.29 is 39.5 Å². The van der Waals surface area contributed by atoms with Gasteiger partial charge in [0.2, 0.25) is 5.82 Å². The van der Waals surface area contributed by atoms with E-state index in [-0.39, 0.29) is 21.8 Å². The van der Waals surface area contributed by atoms with Crippen molar-refractivity contribution in [3.8, 4) is 22.6 Å². The van der Waals surface area contributed by atoms with Crippen LogP contribution >= 0.6 is 0 Å². The second-order valence-electron chi connectivity index (χ2n) is 9.35. The molecule has 1 fully saturated rings. The molecule has 0 amide bonds. The van der Waals surface area contributed by atoms with E-state index >= 15 is 0 Å². The van der Waals surface area contributed by atoms with Gasteiger partial charge in [0.15, 0.2) is 21.7 Å². The van der Waals surface area contributed by atoms with E-state index in [2.05, 4.69) is 9.97 Å². The van der Waals surface area contributed by atoms with E-state index in [1.165, 1.54) is 20.0 Å². The molecule has 0 radical (unpaired) electrons. The molecule has 1 aliphatic carbocycles. The molecule has 3 heterocycles. The summed E-state index contributed by atoms with van der Waals surface area (Å²) in [4.78, 5) is 7.28. The number of hydrogen-bond donors (Lipinski definition) is 0. The lowest BCUT2D eigenvalue weighted by molar-refractivity contribution is -0.595. The van der Waals surface area contributed by atoms with E-state index in [0.29, 0.717) is 36.2 Å². The Morgan fingerprint density at radius 3 is 2.28 bits per heavy atom. The van der Waals surface area contributed by atoms with Gasteiger partial charge in [-0.25, -0.2) is 22.8 Å². The molecular weight excluding hydrogens is 550 g/mol. The Morgan fingerprint density at radius 1 is 1.08 bits per heavy atom. The second-order valence-corrected chi connectivity index (χ2v) is 11.6. The van der Waals surface area contributed by atoms with Gasteiger partial charge in [0.05, 0.1) is 11.3 Å². The number of rotatable bonds is 6. The predicted molar refractivity (Wildman–Crippen MR) is 128 cm³/mol. The summed E-state index contributed by atoms with van der Waals surface area (Å²) in [6, 6.07) is 7.99. The maximum Gasteiger partial charge on any atom is 0.458 e. The SMILES string of the molecule is CCS(=O)(=O)c1cc(-c2ccc(C3(F)CC3)cc2)c[n+]([O-])c1-c1nc2cc(C(F)(F)C(F)(F)F)cnc2n1C. The molecule has 0 bridgehead atoms. The molecule has 4 aromatic rings. The molecule has 0 saturated heterocycles. The number of nitrogens with zero attached hydrogens (tertiary/aromatic N) is 4. The highest BCUT2D eigenvalue weighted by atomic mass is 32.2. The summed E-state index contributed by atoms with van der Waals surface area (Å²) >= 11 is 0. The van der Waals surface area contributed by atoms with Crippen molar-refractivity contribution >= 4 is 21.0 Å². The number of aromatic nitrogens is 4. The van der Waals surface area contributed by atoms with Crippen LogP contribution in [0.15, 0.2) is 53.7 Å². The molecule has 39 heavy (non-hydrogen) atoms. The van der Waals surface area contributed by atoms with Crippen LogP contribution in [0.2, 0.25) is 0 Å². The van der Waals surface area contributed by atoms with Crippen LogP contribution in [0, 0.1) is 5.21 Å². The highest BCUT2D eigenvalue weighted by molar-refractivity contribution is 7.91. The summed E-state index contributed by atoms with van der Waals surface area (Å²) in [5.74, 6) is -5.92. The first-order valence-electron chi connectivity index (χ1n) is 11.7. The molecule has 14 heteroatoms. The fourth-order valence-electron chi connectivity index (χ4n) is 4.29. The highest BCUT2D eigenvalue weighted by Gasteiger charge is 2.59. The first-order chi connectivity index (χ1) is 18.1. The molecule has 206 valence electrons. The monoisotopic (exact) mass is 570 g/mol. The van der Waals surface area contributed by atoms with Crippen LogP contribution in [-0.4, -0.2) is 34.9 Å². The zero-order valence-corrected chi connectivity index (χ0v) is 21.2. The number of aryl methyl sites for hydroxylation is 1. The minimum Gasteiger partial charge on any atom is -0.618 e. The number of imidazole rings is 1. The fraction of sp³-hybridized carbons (Fsp3) is 0.320. The molecule has 0 aliphatic heterocycles. The Kier molecular flexibility index (Phi) is 5.98. The van der Waals surface area contributed by atoms with E-state index in [4.69, 9.17) is 0 Å². The lowest BCUT2D eigenvalue weighted by atomic mass is 10.0. The number of hydrogen-bond acceptors (Lipinski definition) is 5. The van der Waals surface area contributed by atoms with Gasteiger partial charge in [-0.1, -0.05) is 31.2 Å². The maximum absolute atomic E-state index is 14.4. The van der Waals surface area contributed by atoms with Crippen LogP contribution < -0.4 is 4.73 Å². The van der Waals surface area contributed by atoms with Gasteiger partial charge >= 0.3 is 12.1 Å². The Balaban J connectivity index is 1.67. The number of alkyl halides is 6. The van der Waals surface area contributed by atoms with Gasteiger partial charge in [-0.15, -0.1) is 0 Å². The van der Waals surface area contributed by atoms with Crippen LogP contribution in [-0.2, 0) is 28.5 Å². The van der Waals surface area contributed by atoms with Crippen molar-refractivity contribution in [1.29, 1.82) is 0 Å². The zero-order chi connectivity index (χ0) is 28.5. The van der Waals surface area contributed by atoms with Crippen molar-refractivity contribution in [2.75, 3.05) is 5.75 Å². The summed E-state index contributed by atoms with van der Waals surface area (Å²) in [6.45, 7) is 1.36. The van der Waals surface area contributed by atoms with Crippen LogP contribution in [0.3, 0.4) is 0 Å². The first kappa shape index (κ1) is 26.9. The van der Waals surface area contributed by atoms with Gasteiger partial charge in [0.1, 0.15) is 16.1 Å². The van der Waals surface area contributed by atoms with Crippen LogP contribution in [0.4, 0.5) is 26.3 Å². The summed E-state index contributed by atoms with van der Waals surface area (Å²) in [5, 5.41) is 13.3. The average molecular weight is 571 g/mol. The smallest absolute Gasteiger partial charge is 0.458 e. The Hall–Kier alpha value is -3.68. The third kappa shape index (κ3) is 4.39. The number of fused-ring (bicyclic) bond motifs is 1. The topological polar surface area (TPSA) is 91.8 Å². The molecule has 0 spiro atoms. The van der Waals surface area contributed by atoms with Crippen molar-refractivity contribution in [2.45, 2.75) is 42.4 Å². The molecule has 0 unspecified atom stereocenters. The number of benzene rings is 1. The minimum atomic E-state index is -5.88. The molecular formula is C25H20F6N4O3S. The van der Waals surface area contributed by atoms with Gasteiger partial charge in [-0.3, -0.25) is 0 Å². The molecule has 0 N–H and O–H groups in total. The van der Waals surface area contributed by atoms with Crippen molar-refractivity contribution in [2.24, 2.45) is 7.05 Å². The molecule has 3 aromatic heterocycles. The van der Waals surface area contributed by atoms with Crippen LogP contribution in [0.5, 0.6) is 0 Å². The largest absolute Gasteiger partial charge is 0.618 e. The molecule has 1 saturated carbocycles. The Labute approximate surface area is 218 Å². The standard InChI is InChI=1S/C25H20F6N4O3S/c1-3-39(37,38)19-10-15(14-4-6-16(7-5-14)23(26)8-9-23)13-35(36)20(19)22-33-18-11-17(12-32-21(18)34(22)2)24(27,28)25(29,30)31/h4-7,10-13H,3,8-9H2,1-2H3. The molecule has 0 atom stereocenters. The minimum absolute atomic E-state index is 0.147. The van der Waals surface area contributed by atoms with Crippen molar-refractivity contribution in [3.05, 3.63) is 65.1 Å². The predicted octanol–water partition coefficient (Wildman–Crippen LogP) is 5.34. The third-order valence-electron chi connectivity index (χ3n) is 6.78. The summed E-state index contributed by atoms with van der Waals surface area (Å²) in [6.07, 6.45) is -3.63. The molecule has 1 aliphatic rings. The number of halogens is 6. The summed E-state index contributed by atoms with van der Waals surface area (Å²) < 4.78 is 108. The van der Waals surface area contributed by atoms with Crippen molar-refractivity contribution in [1.82, 2.24) is 14.5 Å². The average Bonchev–Trinajstić information content (AvgIpc) is 3.56. The van der Waals surface area contributed by atoms with Gasteiger partial charge in [-0.2, -0.15) is 26.7 Å². The van der Waals surface area contributed by atoms with E-state index in [0.717, 1.165) is 10.8 Å². The van der Waals surface area contributed by atoms with E-state index in [9.17, 15) is 40.0 Å². The zero-order valence-electron chi connectivity index (χ0n) is 20.4. The normalized spacial score (nSPS) is 15.6. The Morgan fingerprint density at radius 2 is 1.72 bits per heavy atom. The fourth-order valence-corrected chi connectivity index (χ4v) is 5.38. The maximum atomic E-state index is 14.4. The lowest BCUT2D eigenvalue weighted by Crippen LogP contribution is -2.33. The third-order valence-corrected chi connectivity index (χ3v) is 8.52. The van der Waals surface area contributed by atoms with E-state index in [1.807, 2.05) is 0 Å². The second kappa shape index (κ2) is 8.66. The number of sulfone groups is 1. The number of pyridine rings is 2. The molecule has 1 aromatic carbocycles. The van der Waals surface area contributed by atoms with Gasteiger partial charge in [-0.05, 0) is 36.1 Å². The van der Waals surface area contributed by atoms with E-state index in [1.54, 1.807) is 24.3 Å². The van der Waals surface area contributed by atoms with Crippen molar-refractivity contribution in [3.63, 3.8) is 0 Å². The summed E-state index contributed by atoms with van der Waals surface area (Å²) in [5.41, 5.74) is -2.71. The van der Waals surface area contributed by atoms with Crippen LogP contribution in [0.1, 0.15) is 30.9 Å². The molecule has 7 nitrogen and oxygen atoms in total. The van der Waals surface area contributed by atoms with Crippen LogP contribution in [0.25, 0.3) is 33.8 Å². The Bertz CT molecular complexity index is 1710. The van der Waals surface area contributed by atoms with Gasteiger partial charge in [0.25, 0.3) is 5.69 Å². The van der Waals surface area contributed by atoms with Gasteiger partial charge < -0.3 is 9.77 Å². The van der Waals surface area contributed by atoms with E-state index < -0.39 is 55.0 Å².